The largest absolute Gasteiger partial charge is 0.369 e. The zero-order valence-corrected chi connectivity index (χ0v) is 20.6. The lowest BCUT2D eigenvalue weighted by Gasteiger charge is -2.33. The van der Waals surface area contributed by atoms with Gasteiger partial charge in [-0.3, -0.25) is 9.59 Å². The van der Waals surface area contributed by atoms with Crippen LogP contribution in [0.5, 0.6) is 0 Å². The summed E-state index contributed by atoms with van der Waals surface area (Å²) in [5.41, 5.74) is 0.950. The first-order valence-corrected chi connectivity index (χ1v) is 12.0. The maximum atomic E-state index is 13.8. The number of nitrogens with one attached hydrogen (secondary N) is 2. The smallest absolute Gasteiger partial charge is 0.276 e. The summed E-state index contributed by atoms with van der Waals surface area (Å²) in [6.45, 7) is 2.23. The first-order valence-electron chi connectivity index (χ1n) is 12.0. The molecule has 0 unspecified atom stereocenters. The molecule has 0 saturated heterocycles. The minimum Gasteiger partial charge on any atom is -0.369 e. The first kappa shape index (κ1) is 27.4. The van der Waals surface area contributed by atoms with Gasteiger partial charge in [-0.15, -0.1) is 0 Å². The maximum absolute atomic E-state index is 13.8. The van der Waals surface area contributed by atoms with E-state index in [0.717, 1.165) is 0 Å². The second kappa shape index (κ2) is 10.6. The van der Waals surface area contributed by atoms with Crippen LogP contribution in [-0.2, 0) is 4.79 Å². The number of imidazole rings is 1. The van der Waals surface area contributed by atoms with Crippen molar-refractivity contribution in [3.05, 3.63) is 41.1 Å². The topological polar surface area (TPSA) is 148 Å². The lowest BCUT2D eigenvalue weighted by Crippen LogP contribution is -2.37. The second-order valence-corrected chi connectivity index (χ2v) is 9.64. The molecule has 2 atom stereocenters. The average molecular weight is 542 g/mol. The minimum atomic E-state index is -3.02. The van der Waals surface area contributed by atoms with Gasteiger partial charge in [0.15, 0.2) is 17.6 Å². The predicted molar refractivity (Wildman–Crippen MR) is 122 cm³/mol. The van der Waals surface area contributed by atoms with Gasteiger partial charge in [0.25, 0.3) is 5.91 Å². The Bertz CT molecular complexity index is 1300. The van der Waals surface area contributed by atoms with E-state index >= 15 is 0 Å². The lowest BCUT2D eigenvalue weighted by atomic mass is 9.81. The van der Waals surface area contributed by atoms with Gasteiger partial charge in [0.05, 0.1) is 24.1 Å². The number of aliphatic hydroxyl groups excluding tert-OH is 1. The van der Waals surface area contributed by atoms with Crippen molar-refractivity contribution < 1.29 is 36.9 Å². The highest BCUT2D eigenvalue weighted by Gasteiger charge is 2.39. The molecular formula is C23H27F4N7O4. The monoisotopic (exact) mass is 541 g/mol. The molecule has 206 valence electrons. The highest BCUT2D eigenvalue weighted by atomic mass is 19.3. The number of aliphatic hydroxyl groups is 1. The van der Waals surface area contributed by atoms with Gasteiger partial charge in [-0.25, -0.2) is 31.7 Å². The zero-order chi connectivity index (χ0) is 27.7. The van der Waals surface area contributed by atoms with Crippen molar-refractivity contribution in [2.75, 3.05) is 0 Å². The van der Waals surface area contributed by atoms with E-state index in [9.17, 15) is 32.3 Å². The van der Waals surface area contributed by atoms with Crippen LogP contribution in [-0.4, -0.2) is 53.7 Å². The minimum absolute atomic E-state index is 0.0417. The standard InChI is InChI=1S/C23H27F4N7O4/c1-12-18(33-38-32-12)21(37)31-19(13-3-7-23(26,27)8-4-13)15-11-34-16(29-15)9-14(10-28-34)20(36)30-17(35)5-6-22(2,24)25/h9-11,13,19-20,36H,3-8H2,1-2H3,(H,30,35)(H,31,37)/t19-,20+/m0/s1. The fraction of sp³-hybridized carbons (Fsp3) is 0.565. The van der Waals surface area contributed by atoms with Crippen molar-refractivity contribution in [3.8, 4) is 0 Å². The van der Waals surface area contributed by atoms with E-state index in [4.69, 9.17) is 0 Å². The molecule has 1 fully saturated rings. The lowest BCUT2D eigenvalue weighted by molar-refractivity contribution is -0.126. The normalized spacial score (nSPS) is 17.8. The van der Waals surface area contributed by atoms with Gasteiger partial charge >= 0.3 is 0 Å². The van der Waals surface area contributed by atoms with Gasteiger partial charge in [-0.1, -0.05) is 5.16 Å². The number of rotatable bonds is 9. The van der Waals surface area contributed by atoms with E-state index in [1.807, 2.05) is 0 Å². The molecule has 0 spiro atoms. The number of nitrogens with zero attached hydrogens (tertiary/aromatic N) is 5. The Kier molecular flexibility index (Phi) is 7.67. The third kappa shape index (κ3) is 6.62. The van der Waals surface area contributed by atoms with Crippen molar-refractivity contribution in [2.45, 2.75) is 76.5 Å². The van der Waals surface area contributed by atoms with Crippen LogP contribution in [0.2, 0.25) is 0 Å². The van der Waals surface area contributed by atoms with Crippen LogP contribution in [0.1, 0.15) is 85.2 Å². The molecule has 3 heterocycles. The van der Waals surface area contributed by atoms with E-state index < -0.39 is 48.8 Å². The van der Waals surface area contributed by atoms with Gasteiger partial charge in [-0.05, 0) is 43.8 Å². The molecule has 11 nitrogen and oxygen atoms in total. The van der Waals surface area contributed by atoms with E-state index in [-0.39, 0.29) is 54.2 Å². The number of aromatic nitrogens is 5. The highest BCUT2D eigenvalue weighted by Crippen LogP contribution is 2.41. The molecule has 0 aromatic carbocycles. The number of halogens is 4. The van der Waals surface area contributed by atoms with E-state index in [1.165, 1.54) is 29.9 Å². The maximum Gasteiger partial charge on any atom is 0.276 e. The number of hydrogen-bond acceptors (Lipinski definition) is 8. The third-order valence-electron chi connectivity index (χ3n) is 6.47. The van der Waals surface area contributed by atoms with Crippen LogP contribution in [0, 0.1) is 12.8 Å². The average Bonchev–Trinajstić information content (AvgIpc) is 3.46. The SMILES string of the molecule is Cc1nonc1C(=O)N[C@H](c1cn2ncc([C@@H](O)NC(=O)CCC(C)(F)F)cc2n1)C1CCC(F)(F)CC1. The second-order valence-electron chi connectivity index (χ2n) is 9.64. The summed E-state index contributed by atoms with van der Waals surface area (Å²) in [6.07, 6.45) is -0.270. The van der Waals surface area contributed by atoms with Gasteiger partial charge in [0, 0.05) is 31.2 Å². The van der Waals surface area contributed by atoms with Crippen molar-refractivity contribution in [3.63, 3.8) is 0 Å². The van der Waals surface area contributed by atoms with Gasteiger partial charge in [0.2, 0.25) is 17.8 Å². The quantitative estimate of drug-likeness (QED) is 0.276. The molecule has 0 radical (unpaired) electrons. The molecule has 1 aliphatic rings. The van der Waals surface area contributed by atoms with Gasteiger partial charge in [0.1, 0.15) is 5.69 Å². The molecule has 1 aliphatic carbocycles. The van der Waals surface area contributed by atoms with Crippen LogP contribution in [0.15, 0.2) is 23.1 Å². The van der Waals surface area contributed by atoms with Crippen LogP contribution >= 0.6 is 0 Å². The molecule has 3 aromatic rings. The number of aryl methyl sites for hydroxylation is 1. The summed E-state index contributed by atoms with van der Waals surface area (Å²) in [7, 11) is 0. The molecular weight excluding hydrogens is 514 g/mol. The Morgan fingerprint density at radius 2 is 1.97 bits per heavy atom. The van der Waals surface area contributed by atoms with Crippen molar-refractivity contribution in [1.29, 1.82) is 0 Å². The number of hydrogen-bond donors (Lipinski definition) is 3. The molecule has 4 rings (SSSR count). The molecule has 3 N–H and O–H groups in total. The van der Waals surface area contributed by atoms with E-state index in [0.29, 0.717) is 12.6 Å². The zero-order valence-electron chi connectivity index (χ0n) is 20.6. The highest BCUT2D eigenvalue weighted by molar-refractivity contribution is 5.93. The summed E-state index contributed by atoms with van der Waals surface area (Å²) in [6, 6.07) is 0.662. The Morgan fingerprint density at radius 3 is 2.61 bits per heavy atom. The van der Waals surface area contributed by atoms with Gasteiger partial charge < -0.3 is 15.7 Å². The molecule has 0 bridgehead atoms. The Hall–Kier alpha value is -3.62. The summed E-state index contributed by atoms with van der Waals surface area (Å²) in [4.78, 5) is 29.3. The van der Waals surface area contributed by atoms with Gasteiger partial charge in [-0.2, -0.15) is 5.10 Å². The van der Waals surface area contributed by atoms with Crippen LogP contribution in [0.3, 0.4) is 0 Å². The first-order chi connectivity index (χ1) is 17.8. The Labute approximate surface area is 213 Å². The summed E-state index contributed by atoms with van der Waals surface area (Å²) in [5.74, 6) is -7.52. The number of fused-ring (bicyclic) bond motifs is 1. The van der Waals surface area contributed by atoms with Crippen molar-refractivity contribution >= 4 is 17.5 Å². The number of amides is 2. The van der Waals surface area contributed by atoms with Crippen LogP contribution in [0.4, 0.5) is 17.6 Å². The summed E-state index contributed by atoms with van der Waals surface area (Å²) in [5, 5.41) is 26.7. The molecule has 15 heteroatoms. The Morgan fingerprint density at radius 1 is 1.26 bits per heavy atom. The van der Waals surface area contributed by atoms with Crippen LogP contribution < -0.4 is 10.6 Å². The number of alkyl halides is 4. The predicted octanol–water partition coefficient (Wildman–Crippen LogP) is 3.26. The van der Waals surface area contributed by atoms with E-state index in [1.54, 1.807) is 0 Å². The third-order valence-corrected chi connectivity index (χ3v) is 6.47. The van der Waals surface area contributed by atoms with Crippen molar-refractivity contribution in [1.82, 2.24) is 35.5 Å². The molecule has 3 aromatic heterocycles. The summed E-state index contributed by atoms with van der Waals surface area (Å²) >= 11 is 0. The fourth-order valence-corrected chi connectivity index (χ4v) is 4.33. The molecule has 1 saturated carbocycles. The molecule has 2 amide bonds. The van der Waals surface area contributed by atoms with Crippen LogP contribution in [0.25, 0.3) is 5.65 Å². The Balaban J connectivity index is 1.55. The molecule has 0 aliphatic heterocycles. The van der Waals surface area contributed by atoms with E-state index in [2.05, 4.69) is 35.7 Å². The van der Waals surface area contributed by atoms with Crippen molar-refractivity contribution in [2.24, 2.45) is 5.92 Å². The fourth-order valence-electron chi connectivity index (χ4n) is 4.33. The summed E-state index contributed by atoms with van der Waals surface area (Å²) < 4.78 is 59.6. The molecule has 38 heavy (non-hydrogen) atoms. The number of carbonyl (C=O) groups excluding carboxylic acids is 2. The number of carbonyl (C=O) groups is 2.